The third-order valence-corrected chi connectivity index (χ3v) is 8.19. The van der Waals surface area contributed by atoms with Crippen LogP contribution in [-0.4, -0.2) is 51.1 Å². The molecule has 1 heterocycles. The van der Waals surface area contributed by atoms with Gasteiger partial charge in [-0.25, -0.2) is 0 Å². The van der Waals surface area contributed by atoms with Gasteiger partial charge in [0, 0.05) is 0 Å². The molecule has 1 saturated heterocycles. The fraction of sp³-hybridized carbons (Fsp3) is 0.292. The zero-order valence-electron chi connectivity index (χ0n) is 16.9. The van der Waals surface area contributed by atoms with Crippen LogP contribution in [0.15, 0.2) is 70.9 Å². The van der Waals surface area contributed by atoms with E-state index >= 15 is 0 Å². The fourth-order valence-electron chi connectivity index (χ4n) is 4.23. The van der Waals surface area contributed by atoms with Crippen molar-refractivity contribution < 1.29 is 19.1 Å². The molecule has 2 aromatic rings. The average Bonchev–Trinajstić information content (AvgIpc) is 3.00. The Balaban J connectivity index is 1.80. The predicted octanol–water partition coefficient (Wildman–Crippen LogP) is 2.40. The van der Waals surface area contributed by atoms with Gasteiger partial charge in [-0.15, -0.1) is 0 Å². The maximum atomic E-state index is 13.4. The average molecular weight is 468 g/mol. The fourth-order valence-corrected chi connectivity index (χ4v) is 6.70. The molecule has 0 bridgehead atoms. The number of hydrogen-bond acceptors (Lipinski definition) is 4. The number of allylic oxidation sites excluding steroid dienone is 1. The van der Waals surface area contributed by atoms with Crippen LogP contribution in [-0.2, 0) is 14.3 Å². The van der Waals surface area contributed by atoms with Crippen LogP contribution in [0.2, 0.25) is 0 Å². The summed E-state index contributed by atoms with van der Waals surface area (Å²) in [6.07, 6.45) is 0.347. The van der Waals surface area contributed by atoms with Crippen molar-refractivity contribution in [3.8, 4) is 0 Å². The number of carbonyl (C=O) groups excluding carboxylic acids is 3. The minimum atomic E-state index is -0.667. The van der Waals surface area contributed by atoms with E-state index in [4.69, 9.17) is 4.74 Å². The van der Waals surface area contributed by atoms with Gasteiger partial charge in [0.15, 0.2) is 0 Å². The van der Waals surface area contributed by atoms with Gasteiger partial charge in [0.25, 0.3) is 0 Å². The number of likely N-dealkylation sites (tertiary alicyclic amines) is 1. The molecule has 0 saturated carbocycles. The summed E-state index contributed by atoms with van der Waals surface area (Å²) >= 11 is -0.170. The first-order valence-corrected chi connectivity index (χ1v) is 11.7. The van der Waals surface area contributed by atoms with Crippen LogP contribution in [0.4, 0.5) is 0 Å². The van der Waals surface area contributed by atoms with Crippen molar-refractivity contribution in [1.29, 1.82) is 0 Å². The van der Waals surface area contributed by atoms with Crippen molar-refractivity contribution in [2.45, 2.75) is 13.3 Å². The number of hydrogen-bond donors (Lipinski definition) is 0. The van der Waals surface area contributed by atoms with Crippen LogP contribution in [0.25, 0.3) is 0 Å². The number of ketones is 1. The van der Waals surface area contributed by atoms with Gasteiger partial charge in [-0.3, -0.25) is 0 Å². The van der Waals surface area contributed by atoms with Crippen LogP contribution >= 0.6 is 0 Å². The normalized spacial score (nSPS) is 23.5. The molecule has 0 N–H and O–H groups in total. The number of amides is 2. The maximum absolute atomic E-state index is 13.4. The Bertz CT molecular complexity index is 1000. The number of imide groups is 1. The van der Waals surface area contributed by atoms with Crippen LogP contribution in [0.3, 0.4) is 0 Å². The quantitative estimate of drug-likeness (QED) is 0.371. The minimum absolute atomic E-state index is 0.106. The summed E-state index contributed by atoms with van der Waals surface area (Å²) in [5.74, 6) is -1.80. The summed E-state index contributed by atoms with van der Waals surface area (Å²) in [4.78, 5) is 40.7. The molecule has 30 heavy (non-hydrogen) atoms. The zero-order chi connectivity index (χ0) is 21.3. The van der Waals surface area contributed by atoms with Gasteiger partial charge >= 0.3 is 182 Å². The van der Waals surface area contributed by atoms with Crippen LogP contribution in [0, 0.1) is 17.8 Å². The van der Waals surface area contributed by atoms with E-state index < -0.39 is 17.8 Å². The summed E-state index contributed by atoms with van der Waals surface area (Å²) in [6, 6.07) is 18.9. The van der Waals surface area contributed by atoms with E-state index in [-0.39, 0.29) is 32.6 Å². The number of Topliss-reactive ketones (excluding diaryl/α,β-unsaturated/α-hetero) is 1. The molecule has 0 unspecified atom stereocenters. The third-order valence-electron chi connectivity index (χ3n) is 5.65. The SMILES string of the molecule is CCOC1=C([Se]c2ccccc2)[C@H]2C(=O)N(C)C(=O)[C@H]2[C@@H](C(=O)c2ccccc2)C1. The molecular formula is C24H23NO4Se. The first kappa shape index (κ1) is 20.6. The van der Waals surface area contributed by atoms with Gasteiger partial charge in [-0.1, -0.05) is 0 Å². The number of ether oxygens (including phenoxy) is 1. The number of carbonyl (C=O) groups is 3. The molecule has 0 aromatic heterocycles. The first-order valence-electron chi connectivity index (χ1n) is 10.0. The van der Waals surface area contributed by atoms with Crippen molar-refractivity contribution in [2.75, 3.05) is 13.7 Å². The van der Waals surface area contributed by atoms with Gasteiger partial charge in [0.05, 0.1) is 0 Å². The Hall–Kier alpha value is -2.69. The molecule has 4 rings (SSSR count). The van der Waals surface area contributed by atoms with Gasteiger partial charge in [0.1, 0.15) is 0 Å². The van der Waals surface area contributed by atoms with E-state index in [2.05, 4.69) is 0 Å². The Morgan fingerprint density at radius 1 is 1.03 bits per heavy atom. The second-order valence-electron chi connectivity index (χ2n) is 7.42. The second-order valence-corrected chi connectivity index (χ2v) is 9.76. The zero-order valence-corrected chi connectivity index (χ0v) is 18.6. The summed E-state index contributed by atoms with van der Waals surface area (Å²) < 4.78 is 7.97. The van der Waals surface area contributed by atoms with E-state index in [0.717, 1.165) is 8.93 Å². The topological polar surface area (TPSA) is 63.7 Å². The molecule has 154 valence electrons. The van der Waals surface area contributed by atoms with Gasteiger partial charge < -0.3 is 0 Å². The number of benzene rings is 2. The monoisotopic (exact) mass is 469 g/mol. The molecule has 2 aliphatic rings. The molecule has 0 spiro atoms. The Labute approximate surface area is 182 Å². The van der Waals surface area contributed by atoms with E-state index in [1.807, 2.05) is 55.5 Å². The molecule has 2 aromatic carbocycles. The molecule has 0 radical (unpaired) electrons. The van der Waals surface area contributed by atoms with E-state index in [1.54, 1.807) is 12.1 Å². The molecule has 3 atom stereocenters. The summed E-state index contributed by atoms with van der Waals surface area (Å²) in [6.45, 7) is 2.35. The van der Waals surface area contributed by atoms with Crippen molar-refractivity contribution in [2.24, 2.45) is 17.8 Å². The predicted molar refractivity (Wildman–Crippen MR) is 114 cm³/mol. The Morgan fingerprint density at radius 2 is 1.67 bits per heavy atom. The summed E-state index contributed by atoms with van der Waals surface area (Å²) in [5.41, 5.74) is 0.559. The van der Waals surface area contributed by atoms with Crippen molar-refractivity contribution in [3.05, 3.63) is 76.5 Å². The molecule has 5 nitrogen and oxygen atoms in total. The van der Waals surface area contributed by atoms with Crippen molar-refractivity contribution in [3.63, 3.8) is 0 Å². The van der Waals surface area contributed by atoms with Crippen molar-refractivity contribution >= 4 is 37.0 Å². The molecule has 1 fully saturated rings. The standard InChI is InChI=1S/C24H23NO4Se/c1-3-29-18-14-17(21(26)15-10-6-4-7-11-15)19-20(24(28)25(2)23(19)27)22(18)30-16-12-8-5-9-13-16/h4-13,17,19-20H,3,14H2,1-2H3/t17-,19-,20-/m0/s1. The van der Waals surface area contributed by atoms with Crippen molar-refractivity contribution in [1.82, 2.24) is 4.90 Å². The number of rotatable bonds is 6. The van der Waals surface area contributed by atoms with E-state index in [9.17, 15) is 14.4 Å². The van der Waals surface area contributed by atoms with E-state index in [1.165, 1.54) is 11.9 Å². The Morgan fingerprint density at radius 3 is 2.30 bits per heavy atom. The molecule has 6 heteroatoms. The molecule has 2 amide bonds. The van der Waals surface area contributed by atoms with Crippen LogP contribution < -0.4 is 4.46 Å². The van der Waals surface area contributed by atoms with Crippen LogP contribution in [0.1, 0.15) is 23.7 Å². The number of nitrogens with zero attached hydrogens (tertiary/aromatic N) is 1. The molecular weight excluding hydrogens is 445 g/mol. The van der Waals surface area contributed by atoms with Gasteiger partial charge in [-0.05, 0) is 0 Å². The third kappa shape index (κ3) is 3.62. The first-order chi connectivity index (χ1) is 14.5. The van der Waals surface area contributed by atoms with Gasteiger partial charge in [-0.2, -0.15) is 0 Å². The van der Waals surface area contributed by atoms with Gasteiger partial charge in [0.2, 0.25) is 0 Å². The summed E-state index contributed by atoms with van der Waals surface area (Å²) in [7, 11) is 1.51. The Kier molecular flexibility index (Phi) is 5.89. The van der Waals surface area contributed by atoms with Crippen LogP contribution in [0.5, 0.6) is 0 Å². The summed E-state index contributed by atoms with van der Waals surface area (Å²) in [5, 5.41) is 0. The number of fused-ring (bicyclic) bond motifs is 1. The molecule has 1 aliphatic heterocycles. The second kappa shape index (κ2) is 8.58. The van der Waals surface area contributed by atoms with E-state index in [0.29, 0.717) is 24.4 Å². The molecule has 1 aliphatic carbocycles.